The summed E-state index contributed by atoms with van der Waals surface area (Å²) in [6.07, 6.45) is 0. The Labute approximate surface area is 184 Å². The van der Waals surface area contributed by atoms with Gasteiger partial charge in [0.05, 0.1) is 27.8 Å². The van der Waals surface area contributed by atoms with Crippen molar-refractivity contribution in [2.24, 2.45) is 0 Å². The Morgan fingerprint density at radius 2 is 1.40 bits per heavy atom. The molecule has 2 heterocycles. The number of hydrogen-bond acceptors (Lipinski definition) is 2. The highest BCUT2D eigenvalue weighted by molar-refractivity contribution is 7.99. The molecule has 0 saturated heterocycles. The van der Waals surface area contributed by atoms with Gasteiger partial charge in [0.2, 0.25) is 0 Å². The van der Waals surface area contributed by atoms with E-state index in [-0.39, 0.29) is 0 Å². The number of hydrogen-bond donors (Lipinski definition) is 1. The van der Waals surface area contributed by atoms with Gasteiger partial charge >= 0.3 is 0 Å². The van der Waals surface area contributed by atoms with Gasteiger partial charge in [-0.2, -0.15) is 0 Å². The van der Waals surface area contributed by atoms with Crippen LogP contribution in [0.3, 0.4) is 0 Å². The first-order chi connectivity index (χ1) is 14.8. The molecule has 5 aromatic rings. The molecule has 4 aromatic carbocycles. The minimum absolute atomic E-state index is 0.749. The third kappa shape index (κ3) is 2.67. The summed E-state index contributed by atoms with van der Waals surface area (Å²) >= 11 is 8.57. The van der Waals surface area contributed by atoms with Gasteiger partial charge in [-0.15, -0.1) is 0 Å². The summed E-state index contributed by atoms with van der Waals surface area (Å²) < 4.78 is 0. The lowest BCUT2D eigenvalue weighted by atomic mass is 10.1. The monoisotopic (exact) mass is 424 g/mol. The zero-order valence-electron chi connectivity index (χ0n) is 16.0. The number of anilines is 3. The molecule has 144 valence electrons. The van der Waals surface area contributed by atoms with Gasteiger partial charge in [-0.25, -0.2) is 0 Å². The Morgan fingerprint density at radius 1 is 0.667 bits per heavy atom. The SMILES string of the molecule is Clc1cccc2c1N(c1c(-c3ccccc3)[nH]c3ccccc13)c1ccccc1S2. The van der Waals surface area contributed by atoms with Gasteiger partial charge in [-0.1, -0.05) is 90.1 Å². The first-order valence-corrected chi connectivity index (χ1v) is 11.0. The van der Waals surface area contributed by atoms with Crippen LogP contribution < -0.4 is 4.90 Å². The molecular weight excluding hydrogens is 408 g/mol. The van der Waals surface area contributed by atoms with Crippen molar-refractivity contribution in [1.29, 1.82) is 0 Å². The molecule has 1 aromatic heterocycles. The quantitative estimate of drug-likeness (QED) is 0.300. The summed E-state index contributed by atoms with van der Waals surface area (Å²) in [6, 6.07) is 33.6. The average Bonchev–Trinajstić information content (AvgIpc) is 3.18. The maximum Gasteiger partial charge on any atom is 0.0798 e. The molecule has 6 rings (SSSR count). The molecular formula is C26H17ClN2S. The molecule has 1 aliphatic rings. The number of nitrogens with zero attached hydrogens (tertiary/aromatic N) is 1. The van der Waals surface area contributed by atoms with Crippen LogP contribution in [0.15, 0.2) is 107 Å². The van der Waals surface area contributed by atoms with E-state index in [4.69, 9.17) is 11.6 Å². The van der Waals surface area contributed by atoms with Crippen molar-refractivity contribution in [2.45, 2.75) is 9.79 Å². The Kier molecular flexibility index (Phi) is 4.12. The van der Waals surface area contributed by atoms with Gasteiger partial charge in [-0.05, 0) is 30.3 Å². The van der Waals surface area contributed by atoms with Gasteiger partial charge in [0, 0.05) is 26.3 Å². The number of aromatic amines is 1. The lowest BCUT2D eigenvalue weighted by molar-refractivity contribution is 1.17. The standard InChI is InChI=1S/C26H17ClN2S/c27-19-12-8-16-23-26(19)29(21-14-6-7-15-22(21)30-23)25-18-11-4-5-13-20(18)28-24(25)17-9-2-1-3-10-17/h1-16,28H. The van der Waals surface area contributed by atoms with Crippen LogP contribution in [-0.4, -0.2) is 4.98 Å². The van der Waals surface area contributed by atoms with Crippen LogP contribution in [-0.2, 0) is 0 Å². The molecule has 0 bridgehead atoms. The molecule has 0 spiro atoms. The number of nitrogens with one attached hydrogen (secondary N) is 1. The smallest absolute Gasteiger partial charge is 0.0798 e. The summed E-state index contributed by atoms with van der Waals surface area (Å²) in [5, 5.41) is 1.92. The third-order valence-electron chi connectivity index (χ3n) is 5.46. The van der Waals surface area contributed by atoms with E-state index in [9.17, 15) is 0 Å². The van der Waals surface area contributed by atoms with E-state index in [2.05, 4.69) is 88.7 Å². The molecule has 1 N–H and O–H groups in total. The molecule has 0 amide bonds. The zero-order chi connectivity index (χ0) is 20.1. The maximum atomic E-state index is 6.80. The van der Waals surface area contributed by atoms with Crippen LogP contribution in [0, 0.1) is 0 Å². The van der Waals surface area contributed by atoms with Crippen molar-refractivity contribution in [3.63, 3.8) is 0 Å². The molecule has 4 heteroatoms. The number of aromatic nitrogens is 1. The summed E-state index contributed by atoms with van der Waals surface area (Å²) in [5.41, 5.74) is 6.64. The second kappa shape index (κ2) is 6.98. The van der Waals surface area contributed by atoms with Crippen molar-refractivity contribution in [3.05, 3.63) is 102 Å². The Bertz CT molecular complexity index is 1390. The highest BCUT2D eigenvalue weighted by atomic mass is 35.5. The molecule has 0 unspecified atom stereocenters. The van der Waals surface area contributed by atoms with Crippen LogP contribution in [0.25, 0.3) is 22.2 Å². The molecule has 0 radical (unpaired) electrons. The number of H-pyrrole nitrogens is 1. The first kappa shape index (κ1) is 17.7. The molecule has 30 heavy (non-hydrogen) atoms. The largest absolute Gasteiger partial charge is 0.353 e. The summed E-state index contributed by atoms with van der Waals surface area (Å²) in [5.74, 6) is 0. The maximum absolute atomic E-state index is 6.80. The Balaban J connectivity index is 1.74. The number of halogens is 1. The van der Waals surface area contributed by atoms with E-state index in [1.54, 1.807) is 11.8 Å². The van der Waals surface area contributed by atoms with Crippen molar-refractivity contribution in [3.8, 4) is 11.3 Å². The van der Waals surface area contributed by atoms with Gasteiger partial charge < -0.3 is 9.88 Å². The second-order valence-corrected chi connectivity index (χ2v) is 8.74. The van der Waals surface area contributed by atoms with E-state index in [0.29, 0.717) is 0 Å². The number of benzene rings is 4. The lowest BCUT2D eigenvalue weighted by Gasteiger charge is -2.34. The molecule has 0 saturated carbocycles. The Hall–Kier alpha value is -3.14. The van der Waals surface area contributed by atoms with Crippen LogP contribution in [0.1, 0.15) is 0 Å². The van der Waals surface area contributed by atoms with Crippen LogP contribution in [0.4, 0.5) is 17.1 Å². The number of rotatable bonds is 2. The highest BCUT2D eigenvalue weighted by Gasteiger charge is 2.30. The predicted octanol–water partition coefficient (Wildman–Crippen LogP) is 8.42. The topological polar surface area (TPSA) is 19.0 Å². The molecule has 2 nitrogen and oxygen atoms in total. The normalized spacial score (nSPS) is 12.6. The summed E-state index contributed by atoms with van der Waals surface area (Å²) in [7, 11) is 0. The average molecular weight is 425 g/mol. The minimum atomic E-state index is 0.749. The summed E-state index contributed by atoms with van der Waals surface area (Å²) in [4.78, 5) is 8.37. The Morgan fingerprint density at radius 3 is 2.30 bits per heavy atom. The van der Waals surface area contributed by atoms with Crippen molar-refractivity contribution in [1.82, 2.24) is 4.98 Å². The van der Waals surface area contributed by atoms with E-state index < -0.39 is 0 Å². The van der Waals surface area contributed by atoms with E-state index in [1.807, 2.05) is 18.2 Å². The van der Waals surface area contributed by atoms with Crippen LogP contribution in [0.5, 0.6) is 0 Å². The first-order valence-electron chi connectivity index (χ1n) is 9.83. The van der Waals surface area contributed by atoms with Gasteiger partial charge in [0.1, 0.15) is 0 Å². The van der Waals surface area contributed by atoms with Crippen LogP contribution >= 0.6 is 23.4 Å². The fourth-order valence-electron chi connectivity index (χ4n) is 4.17. The van der Waals surface area contributed by atoms with Gasteiger partial charge in [0.25, 0.3) is 0 Å². The third-order valence-corrected chi connectivity index (χ3v) is 6.88. The zero-order valence-corrected chi connectivity index (χ0v) is 17.5. The molecule has 0 atom stereocenters. The lowest BCUT2D eigenvalue weighted by Crippen LogP contribution is -2.15. The van der Waals surface area contributed by atoms with Crippen molar-refractivity contribution >= 4 is 51.3 Å². The minimum Gasteiger partial charge on any atom is -0.353 e. The second-order valence-electron chi connectivity index (χ2n) is 7.25. The van der Waals surface area contributed by atoms with Gasteiger partial charge in [0.15, 0.2) is 0 Å². The molecule has 1 aliphatic heterocycles. The fraction of sp³-hybridized carbons (Fsp3) is 0. The van der Waals surface area contributed by atoms with Gasteiger partial charge in [-0.3, -0.25) is 0 Å². The van der Waals surface area contributed by atoms with Crippen LogP contribution in [0.2, 0.25) is 5.02 Å². The van der Waals surface area contributed by atoms with Crippen molar-refractivity contribution in [2.75, 3.05) is 4.90 Å². The van der Waals surface area contributed by atoms with Crippen molar-refractivity contribution < 1.29 is 0 Å². The van der Waals surface area contributed by atoms with E-state index in [1.165, 1.54) is 10.3 Å². The number of para-hydroxylation sites is 3. The molecule has 0 fully saturated rings. The predicted molar refractivity (Wildman–Crippen MR) is 128 cm³/mol. The fourth-order valence-corrected chi connectivity index (χ4v) is 5.57. The van der Waals surface area contributed by atoms with E-state index >= 15 is 0 Å². The van der Waals surface area contributed by atoms with E-state index in [0.717, 1.165) is 43.8 Å². The molecule has 0 aliphatic carbocycles. The summed E-state index contributed by atoms with van der Waals surface area (Å²) in [6.45, 7) is 0. The highest BCUT2D eigenvalue weighted by Crippen LogP contribution is 2.56. The number of fused-ring (bicyclic) bond motifs is 3.